The topological polar surface area (TPSA) is 38.1 Å². The number of aromatic nitrogens is 1. The Kier molecular flexibility index (Phi) is 3.21. The van der Waals surface area contributed by atoms with Crippen molar-refractivity contribution in [3.8, 4) is 0 Å². The molecule has 2 aliphatic carbocycles. The third kappa shape index (κ3) is 2.45. The van der Waals surface area contributed by atoms with Crippen molar-refractivity contribution in [2.45, 2.75) is 44.4 Å². The Hall–Kier alpha value is -1.77. The largest absolute Gasteiger partial charge is 0.357 e. The van der Waals surface area contributed by atoms with Crippen LogP contribution in [0, 0.1) is 5.92 Å². The molecule has 0 saturated heterocycles. The van der Waals surface area contributed by atoms with E-state index in [4.69, 9.17) is 4.52 Å². The van der Waals surface area contributed by atoms with Crippen molar-refractivity contribution in [3.05, 3.63) is 46.6 Å². The fourth-order valence-corrected chi connectivity index (χ4v) is 3.52. The lowest BCUT2D eigenvalue weighted by atomic mass is 9.82. The summed E-state index contributed by atoms with van der Waals surface area (Å²) in [5.74, 6) is 2.19. The number of fused-ring (bicyclic) bond motifs is 1. The molecule has 110 valence electrons. The molecule has 0 aliphatic heterocycles. The SMILES string of the molecule is CNc1onc2c1CCCC2c1ccc(CC2CC2)cc1. The molecule has 0 radical (unpaired) electrons. The molecule has 1 fully saturated rings. The first-order valence-corrected chi connectivity index (χ1v) is 8.10. The molecule has 1 aromatic heterocycles. The van der Waals surface area contributed by atoms with Crippen molar-refractivity contribution in [1.29, 1.82) is 0 Å². The summed E-state index contributed by atoms with van der Waals surface area (Å²) in [6, 6.07) is 9.21. The van der Waals surface area contributed by atoms with Gasteiger partial charge in [-0.2, -0.15) is 0 Å². The van der Waals surface area contributed by atoms with Crippen LogP contribution in [0.4, 0.5) is 5.88 Å². The molecule has 1 aromatic carbocycles. The standard InChI is InChI=1S/C18H22N2O/c1-19-18-16-4-2-3-15(17(16)20-21-18)14-9-7-13(8-10-14)11-12-5-6-12/h7-10,12,15,19H,2-6,11H2,1H3. The number of hydrogen-bond acceptors (Lipinski definition) is 3. The Morgan fingerprint density at radius 1 is 1.19 bits per heavy atom. The summed E-state index contributed by atoms with van der Waals surface area (Å²) in [6.45, 7) is 0. The van der Waals surface area contributed by atoms with Gasteiger partial charge in [0, 0.05) is 18.5 Å². The summed E-state index contributed by atoms with van der Waals surface area (Å²) in [7, 11) is 1.90. The van der Waals surface area contributed by atoms with Gasteiger partial charge in [-0.05, 0) is 55.6 Å². The predicted octanol–water partition coefficient (Wildman–Crippen LogP) is 4.14. The first-order valence-electron chi connectivity index (χ1n) is 8.10. The number of nitrogens with zero attached hydrogens (tertiary/aromatic N) is 1. The minimum Gasteiger partial charge on any atom is -0.357 e. The van der Waals surface area contributed by atoms with Gasteiger partial charge in [0.1, 0.15) is 0 Å². The van der Waals surface area contributed by atoms with Crippen molar-refractivity contribution in [1.82, 2.24) is 5.16 Å². The van der Waals surface area contributed by atoms with Gasteiger partial charge in [0.25, 0.3) is 0 Å². The van der Waals surface area contributed by atoms with E-state index in [1.54, 1.807) is 0 Å². The Labute approximate surface area is 125 Å². The van der Waals surface area contributed by atoms with Crippen LogP contribution in [0.15, 0.2) is 28.8 Å². The summed E-state index contributed by atoms with van der Waals surface area (Å²) >= 11 is 0. The Morgan fingerprint density at radius 3 is 2.71 bits per heavy atom. The number of benzene rings is 1. The highest BCUT2D eigenvalue weighted by Crippen LogP contribution is 2.39. The minimum absolute atomic E-state index is 0.398. The maximum absolute atomic E-state index is 5.44. The van der Waals surface area contributed by atoms with Crippen molar-refractivity contribution in [2.24, 2.45) is 5.92 Å². The molecule has 2 aliphatic rings. The summed E-state index contributed by atoms with van der Waals surface area (Å²) < 4.78 is 5.44. The molecular weight excluding hydrogens is 260 g/mol. The Balaban J connectivity index is 1.60. The van der Waals surface area contributed by atoms with Crippen LogP contribution in [0.5, 0.6) is 0 Å². The van der Waals surface area contributed by atoms with Crippen LogP contribution in [0.1, 0.15) is 54.0 Å². The monoisotopic (exact) mass is 282 g/mol. The summed E-state index contributed by atoms with van der Waals surface area (Å²) in [6.07, 6.45) is 7.54. The van der Waals surface area contributed by atoms with E-state index < -0.39 is 0 Å². The third-order valence-electron chi connectivity index (χ3n) is 4.90. The van der Waals surface area contributed by atoms with Gasteiger partial charge in [-0.3, -0.25) is 0 Å². The lowest BCUT2D eigenvalue weighted by Crippen LogP contribution is -2.11. The molecule has 1 unspecified atom stereocenters. The molecule has 0 bridgehead atoms. The second-order valence-corrected chi connectivity index (χ2v) is 6.46. The first-order chi connectivity index (χ1) is 10.3. The van der Waals surface area contributed by atoms with Crippen LogP contribution in [-0.4, -0.2) is 12.2 Å². The summed E-state index contributed by atoms with van der Waals surface area (Å²) in [5, 5.41) is 7.44. The van der Waals surface area contributed by atoms with Gasteiger partial charge in [0.2, 0.25) is 5.88 Å². The fraction of sp³-hybridized carbons (Fsp3) is 0.500. The second kappa shape index (κ2) is 5.21. The van der Waals surface area contributed by atoms with E-state index in [2.05, 4.69) is 34.7 Å². The van der Waals surface area contributed by atoms with E-state index in [0.29, 0.717) is 5.92 Å². The zero-order valence-corrected chi connectivity index (χ0v) is 12.6. The molecule has 0 spiro atoms. The molecule has 2 aromatic rings. The fourth-order valence-electron chi connectivity index (χ4n) is 3.52. The normalized spacial score (nSPS) is 21.1. The highest BCUT2D eigenvalue weighted by molar-refractivity contribution is 5.48. The van der Waals surface area contributed by atoms with Crippen LogP contribution in [0.3, 0.4) is 0 Å². The van der Waals surface area contributed by atoms with E-state index in [0.717, 1.165) is 23.9 Å². The maximum Gasteiger partial charge on any atom is 0.227 e. The third-order valence-corrected chi connectivity index (χ3v) is 4.90. The molecule has 21 heavy (non-hydrogen) atoms. The van der Waals surface area contributed by atoms with Crippen molar-refractivity contribution >= 4 is 5.88 Å². The second-order valence-electron chi connectivity index (χ2n) is 6.46. The number of rotatable bonds is 4. The zero-order chi connectivity index (χ0) is 14.2. The minimum atomic E-state index is 0.398. The lowest BCUT2D eigenvalue weighted by molar-refractivity contribution is 0.420. The average Bonchev–Trinajstić information content (AvgIpc) is 3.24. The van der Waals surface area contributed by atoms with Crippen LogP contribution in [0.25, 0.3) is 0 Å². The number of hydrogen-bond donors (Lipinski definition) is 1. The highest BCUT2D eigenvalue weighted by Gasteiger charge is 2.28. The maximum atomic E-state index is 5.44. The van der Waals surface area contributed by atoms with Crippen molar-refractivity contribution in [2.75, 3.05) is 12.4 Å². The average molecular weight is 282 g/mol. The van der Waals surface area contributed by atoms with Gasteiger partial charge in [0.15, 0.2) is 0 Å². The van der Waals surface area contributed by atoms with Crippen LogP contribution < -0.4 is 5.32 Å². The highest BCUT2D eigenvalue weighted by atomic mass is 16.5. The number of nitrogens with one attached hydrogen (secondary N) is 1. The molecular formula is C18H22N2O. The van der Waals surface area contributed by atoms with Crippen LogP contribution in [-0.2, 0) is 12.8 Å². The molecule has 1 N–H and O–H groups in total. The van der Waals surface area contributed by atoms with Gasteiger partial charge in [-0.1, -0.05) is 29.4 Å². The molecule has 3 heteroatoms. The van der Waals surface area contributed by atoms with Crippen LogP contribution in [0.2, 0.25) is 0 Å². The smallest absolute Gasteiger partial charge is 0.227 e. The first kappa shape index (κ1) is 12.9. The summed E-state index contributed by atoms with van der Waals surface area (Å²) in [5.41, 5.74) is 5.27. The lowest BCUT2D eigenvalue weighted by Gasteiger charge is -2.21. The van der Waals surface area contributed by atoms with Crippen molar-refractivity contribution < 1.29 is 4.52 Å². The van der Waals surface area contributed by atoms with E-state index in [1.165, 1.54) is 48.8 Å². The quantitative estimate of drug-likeness (QED) is 0.916. The zero-order valence-electron chi connectivity index (χ0n) is 12.6. The molecule has 4 rings (SSSR count). The van der Waals surface area contributed by atoms with E-state index >= 15 is 0 Å². The van der Waals surface area contributed by atoms with Gasteiger partial charge < -0.3 is 9.84 Å². The Morgan fingerprint density at radius 2 is 2.00 bits per heavy atom. The summed E-state index contributed by atoms with van der Waals surface area (Å²) in [4.78, 5) is 0. The van der Waals surface area contributed by atoms with Gasteiger partial charge in [-0.15, -0.1) is 0 Å². The predicted molar refractivity (Wildman–Crippen MR) is 83.7 cm³/mol. The molecule has 0 amide bonds. The number of anilines is 1. The van der Waals surface area contributed by atoms with Crippen molar-refractivity contribution in [3.63, 3.8) is 0 Å². The van der Waals surface area contributed by atoms with Gasteiger partial charge in [0.05, 0.1) is 5.69 Å². The molecule has 1 saturated carbocycles. The van der Waals surface area contributed by atoms with Gasteiger partial charge in [-0.25, -0.2) is 0 Å². The van der Waals surface area contributed by atoms with E-state index in [9.17, 15) is 0 Å². The van der Waals surface area contributed by atoms with Crippen LogP contribution >= 0.6 is 0 Å². The van der Waals surface area contributed by atoms with Gasteiger partial charge >= 0.3 is 0 Å². The Bertz CT molecular complexity index is 625. The molecule has 3 nitrogen and oxygen atoms in total. The van der Waals surface area contributed by atoms with E-state index in [1.807, 2.05) is 7.05 Å². The molecule has 1 atom stereocenters. The van der Waals surface area contributed by atoms with E-state index in [-0.39, 0.29) is 0 Å². The molecule has 1 heterocycles.